The monoisotopic (exact) mass is 323 g/mol. The zero-order valence-corrected chi connectivity index (χ0v) is 12.8. The van der Waals surface area contributed by atoms with Crippen LogP contribution < -0.4 is 9.50 Å². The number of benzene rings is 2. The lowest BCUT2D eigenvalue weighted by atomic mass is 10.2. The van der Waals surface area contributed by atoms with Crippen LogP contribution in [0.25, 0.3) is 0 Å². The van der Waals surface area contributed by atoms with Gasteiger partial charge in [0.05, 0.1) is 5.69 Å². The summed E-state index contributed by atoms with van der Waals surface area (Å²) in [6, 6.07) is 9.51. The molecule has 0 unspecified atom stereocenters. The van der Waals surface area contributed by atoms with Crippen LogP contribution in [0.4, 0.5) is 10.1 Å². The Morgan fingerprint density at radius 3 is 2.55 bits per heavy atom. The summed E-state index contributed by atoms with van der Waals surface area (Å²) >= 11 is 0. The summed E-state index contributed by atoms with van der Waals surface area (Å²) in [7, 11) is -4.22. The first-order chi connectivity index (χ1) is 10.3. The van der Waals surface area contributed by atoms with Gasteiger partial charge < -0.3 is 9.50 Å². The van der Waals surface area contributed by atoms with Crippen LogP contribution in [0.1, 0.15) is 12.5 Å². The van der Waals surface area contributed by atoms with Crippen molar-refractivity contribution in [3.8, 4) is 5.75 Å². The van der Waals surface area contributed by atoms with Gasteiger partial charge in [0, 0.05) is 6.92 Å². The highest BCUT2D eigenvalue weighted by molar-refractivity contribution is 7.87. The zero-order valence-electron chi connectivity index (χ0n) is 12.0. The lowest BCUT2D eigenvalue weighted by Gasteiger charge is -2.12. The summed E-state index contributed by atoms with van der Waals surface area (Å²) < 4.78 is 43.0. The van der Waals surface area contributed by atoms with Crippen LogP contribution in [-0.4, -0.2) is 14.3 Å². The largest absolute Gasteiger partial charge is 0.377 e. The van der Waals surface area contributed by atoms with E-state index in [-0.39, 0.29) is 22.2 Å². The minimum Gasteiger partial charge on any atom is -0.377 e. The Morgan fingerprint density at radius 1 is 1.18 bits per heavy atom. The summed E-state index contributed by atoms with van der Waals surface area (Å²) in [6.07, 6.45) is 0. The second-order valence-corrected chi connectivity index (χ2v) is 6.14. The Morgan fingerprint density at radius 2 is 1.86 bits per heavy atom. The Labute approximate surface area is 127 Å². The van der Waals surface area contributed by atoms with Gasteiger partial charge in [0.15, 0.2) is 5.75 Å². The Hall–Kier alpha value is -2.41. The molecule has 7 heteroatoms. The molecule has 0 aliphatic heterocycles. The fourth-order valence-corrected chi connectivity index (χ4v) is 3.03. The van der Waals surface area contributed by atoms with Gasteiger partial charge in [0.1, 0.15) is 10.7 Å². The lowest BCUT2D eigenvalue weighted by Crippen LogP contribution is -2.14. The van der Waals surface area contributed by atoms with Crippen molar-refractivity contribution in [3.05, 3.63) is 53.8 Å². The third-order valence-corrected chi connectivity index (χ3v) is 4.19. The van der Waals surface area contributed by atoms with E-state index < -0.39 is 15.9 Å². The molecule has 5 nitrogen and oxygen atoms in total. The molecule has 0 atom stereocenters. The van der Waals surface area contributed by atoms with Gasteiger partial charge in [-0.25, -0.2) is 4.39 Å². The molecule has 0 spiro atoms. The number of nitrogens with one attached hydrogen (secondary N) is 1. The number of halogens is 1. The number of aryl methyl sites for hydroxylation is 1. The van der Waals surface area contributed by atoms with Crippen LogP contribution in [0, 0.1) is 12.7 Å². The molecule has 1 N–H and O–H groups in total. The molecule has 0 bridgehead atoms. The van der Waals surface area contributed by atoms with Gasteiger partial charge in [0.2, 0.25) is 5.91 Å². The minimum atomic E-state index is -4.22. The van der Waals surface area contributed by atoms with Gasteiger partial charge in [-0.2, -0.15) is 8.42 Å². The molecular weight excluding hydrogens is 309 g/mol. The summed E-state index contributed by atoms with van der Waals surface area (Å²) in [4.78, 5) is 10.9. The number of anilines is 1. The Balaban J connectivity index is 2.41. The summed E-state index contributed by atoms with van der Waals surface area (Å²) in [5.74, 6) is -1.08. The van der Waals surface area contributed by atoms with Crippen LogP contribution in [0.3, 0.4) is 0 Å². The second-order valence-electron chi connectivity index (χ2n) is 4.62. The van der Waals surface area contributed by atoms with E-state index in [0.29, 0.717) is 5.56 Å². The molecule has 2 aromatic rings. The average molecular weight is 323 g/mol. The van der Waals surface area contributed by atoms with Gasteiger partial charge in [-0.1, -0.05) is 18.2 Å². The van der Waals surface area contributed by atoms with Gasteiger partial charge >= 0.3 is 10.1 Å². The van der Waals surface area contributed by atoms with E-state index in [0.717, 1.165) is 6.07 Å². The average Bonchev–Trinajstić information content (AvgIpc) is 2.43. The molecule has 1 amide bonds. The summed E-state index contributed by atoms with van der Waals surface area (Å²) in [6.45, 7) is 2.83. The zero-order chi connectivity index (χ0) is 16.3. The maximum atomic E-state index is 13.3. The Kier molecular flexibility index (Phi) is 4.46. The first-order valence-electron chi connectivity index (χ1n) is 6.37. The molecule has 2 rings (SSSR count). The fourth-order valence-electron chi connectivity index (χ4n) is 1.84. The summed E-state index contributed by atoms with van der Waals surface area (Å²) in [5.41, 5.74) is 0.575. The molecule has 0 heterocycles. The van der Waals surface area contributed by atoms with Crippen molar-refractivity contribution in [2.75, 3.05) is 5.32 Å². The molecule has 0 radical (unpaired) electrons. The standard InChI is InChI=1S/C15H14FNO4S/c1-10-7-8-12(16)9-15(10)22(19,20)21-14-6-4-3-5-13(14)17-11(2)18/h3-9H,1-2H3,(H,17,18). The highest BCUT2D eigenvalue weighted by atomic mass is 32.2. The molecule has 2 aromatic carbocycles. The second kappa shape index (κ2) is 6.15. The van der Waals surface area contributed by atoms with Crippen LogP contribution in [-0.2, 0) is 14.9 Å². The van der Waals surface area contributed by atoms with Crippen molar-refractivity contribution in [1.82, 2.24) is 0 Å². The van der Waals surface area contributed by atoms with Crippen molar-refractivity contribution in [3.63, 3.8) is 0 Å². The van der Waals surface area contributed by atoms with E-state index in [9.17, 15) is 17.6 Å². The van der Waals surface area contributed by atoms with Crippen LogP contribution in [0.15, 0.2) is 47.4 Å². The lowest BCUT2D eigenvalue weighted by molar-refractivity contribution is -0.114. The maximum absolute atomic E-state index is 13.3. The van der Waals surface area contributed by atoms with E-state index in [2.05, 4.69) is 5.32 Å². The topological polar surface area (TPSA) is 72.5 Å². The van der Waals surface area contributed by atoms with E-state index in [1.807, 2.05) is 0 Å². The molecule has 0 aliphatic carbocycles. The minimum absolute atomic E-state index is 0.0404. The number of carbonyl (C=O) groups is 1. The van der Waals surface area contributed by atoms with Crippen LogP contribution >= 0.6 is 0 Å². The third kappa shape index (κ3) is 3.62. The molecule has 0 saturated heterocycles. The van der Waals surface area contributed by atoms with Crippen molar-refractivity contribution >= 4 is 21.7 Å². The highest BCUT2D eigenvalue weighted by Crippen LogP contribution is 2.28. The number of carbonyl (C=O) groups excluding carboxylic acids is 1. The van der Waals surface area contributed by atoms with Crippen molar-refractivity contribution < 1.29 is 21.8 Å². The van der Waals surface area contributed by atoms with Gasteiger partial charge in [-0.05, 0) is 36.8 Å². The van der Waals surface area contributed by atoms with Gasteiger partial charge in [-0.3, -0.25) is 4.79 Å². The van der Waals surface area contributed by atoms with Crippen LogP contribution in [0.5, 0.6) is 5.75 Å². The highest BCUT2D eigenvalue weighted by Gasteiger charge is 2.21. The molecule has 0 fully saturated rings. The predicted molar refractivity (Wildman–Crippen MR) is 79.7 cm³/mol. The number of amides is 1. The molecule has 0 aromatic heterocycles. The third-order valence-electron chi connectivity index (χ3n) is 2.82. The molecule has 116 valence electrons. The Bertz CT molecular complexity index is 818. The van der Waals surface area contributed by atoms with E-state index in [1.54, 1.807) is 12.1 Å². The summed E-state index contributed by atoms with van der Waals surface area (Å²) in [5, 5.41) is 2.47. The number of rotatable bonds is 4. The number of para-hydroxylation sites is 2. The quantitative estimate of drug-likeness (QED) is 0.878. The molecular formula is C15H14FNO4S. The van der Waals surface area contributed by atoms with E-state index in [4.69, 9.17) is 4.18 Å². The van der Waals surface area contributed by atoms with Gasteiger partial charge in [0.25, 0.3) is 0 Å². The predicted octanol–water partition coefficient (Wildman–Crippen LogP) is 2.86. The van der Waals surface area contributed by atoms with Crippen molar-refractivity contribution in [2.45, 2.75) is 18.7 Å². The van der Waals surface area contributed by atoms with Crippen molar-refractivity contribution in [2.24, 2.45) is 0 Å². The van der Waals surface area contributed by atoms with Crippen molar-refractivity contribution in [1.29, 1.82) is 0 Å². The normalized spacial score (nSPS) is 11.0. The molecule has 0 saturated carbocycles. The number of hydrogen-bond donors (Lipinski definition) is 1. The SMILES string of the molecule is CC(=O)Nc1ccccc1OS(=O)(=O)c1cc(F)ccc1C. The number of hydrogen-bond acceptors (Lipinski definition) is 4. The molecule has 0 aliphatic rings. The van der Waals surface area contributed by atoms with E-state index >= 15 is 0 Å². The maximum Gasteiger partial charge on any atom is 0.339 e. The van der Waals surface area contributed by atoms with Gasteiger partial charge in [-0.15, -0.1) is 0 Å². The van der Waals surface area contributed by atoms with Crippen LogP contribution in [0.2, 0.25) is 0 Å². The van der Waals surface area contributed by atoms with E-state index in [1.165, 1.54) is 38.1 Å². The first kappa shape index (κ1) is 16.0. The fraction of sp³-hybridized carbons (Fsp3) is 0.133. The molecule has 22 heavy (non-hydrogen) atoms. The smallest absolute Gasteiger partial charge is 0.339 e. The first-order valence-corrected chi connectivity index (χ1v) is 7.77.